The second kappa shape index (κ2) is 4.06. The number of ether oxygens (including phenoxy) is 2. The average molecular weight is 254 g/mol. The Balaban J connectivity index is 2.44. The van der Waals surface area contributed by atoms with Gasteiger partial charge in [-0.2, -0.15) is 0 Å². The molecule has 1 N–H and O–H groups in total. The van der Waals surface area contributed by atoms with Crippen LogP contribution in [0.4, 0.5) is 0 Å². The molecular formula is C15H26O3. The molecule has 2 rings (SSSR count). The molecule has 3 heteroatoms. The number of rotatable bonds is 1. The zero-order chi connectivity index (χ0) is 13.8. The van der Waals surface area contributed by atoms with Crippen molar-refractivity contribution in [1.82, 2.24) is 0 Å². The third kappa shape index (κ3) is 1.84. The molecule has 0 aromatic carbocycles. The van der Waals surface area contributed by atoms with Crippen LogP contribution in [0.2, 0.25) is 0 Å². The summed E-state index contributed by atoms with van der Waals surface area (Å²) >= 11 is 0. The molecule has 0 saturated carbocycles. The fourth-order valence-electron chi connectivity index (χ4n) is 3.85. The molecule has 18 heavy (non-hydrogen) atoms. The Morgan fingerprint density at radius 3 is 2.39 bits per heavy atom. The summed E-state index contributed by atoms with van der Waals surface area (Å²) in [4.78, 5) is 0. The Bertz CT molecular complexity index is 372. The molecule has 3 nitrogen and oxygen atoms in total. The van der Waals surface area contributed by atoms with Crippen LogP contribution >= 0.6 is 0 Å². The summed E-state index contributed by atoms with van der Waals surface area (Å²) in [6.07, 6.45) is 2.80. The maximum Gasteiger partial charge on any atom is 0.189 e. The summed E-state index contributed by atoms with van der Waals surface area (Å²) in [6, 6.07) is 0. The minimum atomic E-state index is -0.795. The molecule has 0 aromatic rings. The van der Waals surface area contributed by atoms with Gasteiger partial charge >= 0.3 is 0 Å². The molecule has 0 aromatic heterocycles. The van der Waals surface area contributed by atoms with Crippen molar-refractivity contribution >= 4 is 0 Å². The van der Waals surface area contributed by atoms with Crippen molar-refractivity contribution in [3.63, 3.8) is 0 Å². The maximum atomic E-state index is 11.1. The van der Waals surface area contributed by atoms with Crippen molar-refractivity contribution in [3.05, 3.63) is 11.6 Å². The van der Waals surface area contributed by atoms with Gasteiger partial charge in [0, 0.05) is 11.8 Å². The minimum absolute atomic E-state index is 0.120. The van der Waals surface area contributed by atoms with Gasteiger partial charge in [-0.1, -0.05) is 27.7 Å². The summed E-state index contributed by atoms with van der Waals surface area (Å²) in [5, 5.41) is 11.1. The van der Waals surface area contributed by atoms with Gasteiger partial charge < -0.3 is 14.6 Å². The highest BCUT2D eigenvalue weighted by molar-refractivity contribution is 5.28. The van der Waals surface area contributed by atoms with Crippen molar-refractivity contribution in [3.8, 4) is 0 Å². The summed E-state index contributed by atoms with van der Waals surface area (Å²) in [7, 11) is 0. The van der Waals surface area contributed by atoms with Crippen LogP contribution in [0.3, 0.4) is 0 Å². The smallest absolute Gasteiger partial charge is 0.189 e. The summed E-state index contributed by atoms with van der Waals surface area (Å²) in [6.45, 7) is 13.0. The standard InChI is InChI=1S/C15H26O3/c1-10(2)15(16)11(3)7-14(9-13(15,5)6)17-8-12(4)18-14/h7,10,12,16H,8-9H2,1-6H3. The van der Waals surface area contributed by atoms with Crippen molar-refractivity contribution in [2.75, 3.05) is 6.61 Å². The third-order valence-electron chi connectivity index (χ3n) is 4.56. The van der Waals surface area contributed by atoms with Crippen molar-refractivity contribution < 1.29 is 14.6 Å². The molecule has 0 amide bonds. The lowest BCUT2D eigenvalue weighted by Crippen LogP contribution is -2.57. The van der Waals surface area contributed by atoms with Crippen LogP contribution in [-0.2, 0) is 9.47 Å². The first kappa shape index (κ1) is 14.0. The van der Waals surface area contributed by atoms with Gasteiger partial charge in [-0.15, -0.1) is 0 Å². The Morgan fingerprint density at radius 2 is 2.00 bits per heavy atom. The molecule has 1 fully saturated rings. The first-order valence-corrected chi connectivity index (χ1v) is 6.87. The monoisotopic (exact) mass is 254 g/mol. The zero-order valence-electron chi connectivity index (χ0n) is 12.4. The maximum absolute atomic E-state index is 11.1. The van der Waals surface area contributed by atoms with E-state index in [4.69, 9.17) is 9.47 Å². The Hall–Kier alpha value is -0.380. The molecule has 3 atom stereocenters. The molecule has 1 spiro atoms. The van der Waals surface area contributed by atoms with Crippen molar-refractivity contribution in [1.29, 1.82) is 0 Å². The summed E-state index contributed by atoms with van der Waals surface area (Å²) in [5.74, 6) is -0.464. The van der Waals surface area contributed by atoms with E-state index in [1.54, 1.807) is 0 Å². The van der Waals surface area contributed by atoms with Crippen molar-refractivity contribution in [2.24, 2.45) is 11.3 Å². The molecule has 1 aliphatic heterocycles. The van der Waals surface area contributed by atoms with Gasteiger partial charge in [0.15, 0.2) is 5.79 Å². The van der Waals surface area contributed by atoms with Gasteiger partial charge in [-0.25, -0.2) is 0 Å². The van der Waals surface area contributed by atoms with Crippen LogP contribution in [0.15, 0.2) is 11.6 Å². The lowest BCUT2D eigenvalue weighted by atomic mass is 9.59. The Kier molecular flexibility index (Phi) is 3.16. The molecule has 1 heterocycles. The van der Waals surface area contributed by atoms with Gasteiger partial charge in [-0.3, -0.25) is 0 Å². The predicted molar refractivity (Wildman–Crippen MR) is 71.2 cm³/mol. The van der Waals surface area contributed by atoms with Crippen LogP contribution in [0.25, 0.3) is 0 Å². The molecule has 1 aliphatic carbocycles. The lowest BCUT2D eigenvalue weighted by Gasteiger charge is -2.53. The van der Waals surface area contributed by atoms with Gasteiger partial charge in [0.25, 0.3) is 0 Å². The van der Waals surface area contributed by atoms with E-state index in [9.17, 15) is 5.11 Å². The first-order valence-electron chi connectivity index (χ1n) is 6.87. The SMILES string of the molecule is CC1=CC2(CC(C)(C)C1(O)C(C)C)OCC(C)O2. The Morgan fingerprint density at radius 1 is 1.39 bits per heavy atom. The Labute approximate surface area is 110 Å². The molecule has 0 bridgehead atoms. The van der Waals surface area contributed by atoms with E-state index in [1.165, 1.54) is 0 Å². The minimum Gasteiger partial charge on any atom is -0.385 e. The van der Waals surface area contributed by atoms with E-state index in [0.29, 0.717) is 13.0 Å². The average Bonchev–Trinajstić information content (AvgIpc) is 2.55. The van der Waals surface area contributed by atoms with Gasteiger partial charge in [0.2, 0.25) is 0 Å². The van der Waals surface area contributed by atoms with Gasteiger partial charge in [0.05, 0.1) is 18.3 Å². The van der Waals surface area contributed by atoms with E-state index >= 15 is 0 Å². The largest absolute Gasteiger partial charge is 0.385 e. The second-order valence-corrected chi connectivity index (χ2v) is 6.86. The second-order valence-electron chi connectivity index (χ2n) is 6.86. The van der Waals surface area contributed by atoms with Crippen LogP contribution in [0.1, 0.15) is 48.0 Å². The normalized spacial score (nSPS) is 43.6. The van der Waals surface area contributed by atoms with E-state index < -0.39 is 11.4 Å². The molecule has 2 aliphatic rings. The highest BCUT2D eigenvalue weighted by Crippen LogP contribution is 2.53. The van der Waals surface area contributed by atoms with E-state index in [0.717, 1.165) is 5.57 Å². The van der Waals surface area contributed by atoms with Crippen LogP contribution < -0.4 is 0 Å². The number of hydrogen-bond donors (Lipinski definition) is 1. The summed E-state index contributed by atoms with van der Waals surface area (Å²) in [5.41, 5.74) is -0.108. The molecule has 1 saturated heterocycles. The summed E-state index contributed by atoms with van der Waals surface area (Å²) < 4.78 is 11.8. The molecule has 3 unspecified atom stereocenters. The van der Waals surface area contributed by atoms with Crippen LogP contribution in [0.5, 0.6) is 0 Å². The zero-order valence-corrected chi connectivity index (χ0v) is 12.4. The number of aliphatic hydroxyl groups is 1. The quantitative estimate of drug-likeness (QED) is 0.731. The number of hydrogen-bond acceptors (Lipinski definition) is 3. The predicted octanol–water partition coefficient (Wildman–Crippen LogP) is 2.88. The lowest BCUT2D eigenvalue weighted by molar-refractivity contribution is -0.194. The fourth-order valence-corrected chi connectivity index (χ4v) is 3.85. The van der Waals surface area contributed by atoms with Gasteiger partial charge in [-0.05, 0) is 31.4 Å². The fraction of sp³-hybridized carbons (Fsp3) is 0.867. The van der Waals surface area contributed by atoms with Crippen LogP contribution in [0, 0.1) is 11.3 Å². The van der Waals surface area contributed by atoms with E-state index in [2.05, 4.69) is 27.7 Å². The highest BCUT2D eigenvalue weighted by atomic mass is 16.7. The molecule has 0 radical (unpaired) electrons. The van der Waals surface area contributed by atoms with E-state index in [1.807, 2.05) is 19.9 Å². The van der Waals surface area contributed by atoms with E-state index in [-0.39, 0.29) is 17.4 Å². The topological polar surface area (TPSA) is 38.7 Å². The molecular weight excluding hydrogens is 228 g/mol. The van der Waals surface area contributed by atoms with Crippen LogP contribution in [-0.4, -0.2) is 29.2 Å². The first-order chi connectivity index (χ1) is 8.13. The molecule has 104 valence electrons. The van der Waals surface area contributed by atoms with Gasteiger partial charge in [0.1, 0.15) is 0 Å². The highest BCUT2D eigenvalue weighted by Gasteiger charge is 2.57. The van der Waals surface area contributed by atoms with Crippen molar-refractivity contribution in [2.45, 2.75) is 65.5 Å². The third-order valence-corrected chi connectivity index (χ3v) is 4.56.